The molecule has 0 saturated carbocycles. The van der Waals surface area contributed by atoms with E-state index >= 15 is 0 Å². The number of sulfonamides is 1. The number of carbonyl (C=O) groups is 1. The summed E-state index contributed by atoms with van der Waals surface area (Å²) >= 11 is 0. The van der Waals surface area contributed by atoms with Gasteiger partial charge in [-0.3, -0.25) is 9.52 Å². The van der Waals surface area contributed by atoms with E-state index in [2.05, 4.69) is 10.0 Å². The lowest BCUT2D eigenvalue weighted by Crippen LogP contribution is -2.32. The Morgan fingerprint density at radius 2 is 1.78 bits per heavy atom. The van der Waals surface area contributed by atoms with E-state index in [-0.39, 0.29) is 17.3 Å². The number of halogens is 3. The van der Waals surface area contributed by atoms with Gasteiger partial charge >= 0.3 is 6.18 Å². The minimum atomic E-state index is -4.67. The first kappa shape index (κ1) is 20.8. The van der Waals surface area contributed by atoms with Gasteiger partial charge in [-0.15, -0.1) is 0 Å². The third-order valence-corrected chi connectivity index (χ3v) is 5.24. The van der Waals surface area contributed by atoms with E-state index in [1.807, 2.05) is 6.92 Å². The lowest BCUT2D eigenvalue weighted by molar-refractivity contribution is -0.137. The first-order chi connectivity index (χ1) is 12.5. The quantitative estimate of drug-likeness (QED) is 0.769. The van der Waals surface area contributed by atoms with Gasteiger partial charge in [0.1, 0.15) is 0 Å². The number of anilines is 1. The molecule has 2 N–H and O–H groups in total. The van der Waals surface area contributed by atoms with Crippen molar-refractivity contribution in [2.75, 3.05) is 4.72 Å². The topological polar surface area (TPSA) is 75.3 Å². The minimum Gasteiger partial charge on any atom is -0.350 e. The molecule has 5 nitrogen and oxygen atoms in total. The monoisotopic (exact) mass is 400 g/mol. The maximum absolute atomic E-state index is 12.8. The Hall–Kier alpha value is -2.55. The number of rotatable bonds is 6. The first-order valence-corrected chi connectivity index (χ1v) is 9.63. The van der Waals surface area contributed by atoms with E-state index in [4.69, 9.17) is 0 Å². The minimum absolute atomic E-state index is 0.0179. The Morgan fingerprint density at radius 3 is 2.41 bits per heavy atom. The van der Waals surface area contributed by atoms with Crippen LogP contribution in [0.4, 0.5) is 18.9 Å². The number of hydrogen-bond acceptors (Lipinski definition) is 3. The molecule has 1 atom stereocenters. The van der Waals surface area contributed by atoms with Crippen molar-refractivity contribution in [2.24, 2.45) is 0 Å². The molecule has 0 bridgehead atoms. The fourth-order valence-corrected chi connectivity index (χ4v) is 3.34. The van der Waals surface area contributed by atoms with Gasteiger partial charge in [-0.1, -0.05) is 25.1 Å². The van der Waals surface area contributed by atoms with E-state index in [1.54, 1.807) is 13.0 Å². The summed E-state index contributed by atoms with van der Waals surface area (Å²) in [5, 5.41) is 2.72. The van der Waals surface area contributed by atoms with Gasteiger partial charge in [0.15, 0.2) is 0 Å². The third-order valence-electron chi connectivity index (χ3n) is 3.88. The molecule has 0 saturated heterocycles. The average Bonchev–Trinajstić information content (AvgIpc) is 2.61. The highest BCUT2D eigenvalue weighted by Gasteiger charge is 2.31. The van der Waals surface area contributed by atoms with Gasteiger partial charge in [0.25, 0.3) is 15.9 Å². The van der Waals surface area contributed by atoms with Crippen LogP contribution >= 0.6 is 0 Å². The normalized spacial score (nSPS) is 13.1. The molecule has 0 aliphatic heterocycles. The van der Waals surface area contributed by atoms with E-state index in [1.165, 1.54) is 18.2 Å². The summed E-state index contributed by atoms with van der Waals surface area (Å²) in [4.78, 5) is 11.8. The second-order valence-corrected chi connectivity index (χ2v) is 7.64. The van der Waals surface area contributed by atoms with Crippen molar-refractivity contribution in [1.29, 1.82) is 0 Å². The van der Waals surface area contributed by atoms with Gasteiger partial charge in [0.05, 0.1) is 21.7 Å². The Morgan fingerprint density at radius 1 is 1.11 bits per heavy atom. The number of para-hydroxylation sites is 1. The molecular formula is C18H19F3N2O3S. The van der Waals surface area contributed by atoms with Gasteiger partial charge in [-0.2, -0.15) is 13.2 Å². The van der Waals surface area contributed by atoms with Crippen LogP contribution in [-0.4, -0.2) is 20.4 Å². The van der Waals surface area contributed by atoms with E-state index in [0.717, 1.165) is 18.2 Å². The summed E-state index contributed by atoms with van der Waals surface area (Å²) in [6, 6.07) is 9.16. The number of alkyl halides is 3. The SMILES string of the molecule is CC[C@H](C)NC(=O)c1ccccc1NS(=O)(=O)c1cccc(C(F)(F)F)c1. The van der Waals surface area contributed by atoms with Crippen molar-refractivity contribution >= 4 is 21.6 Å². The van der Waals surface area contributed by atoms with Gasteiger partial charge in [0.2, 0.25) is 0 Å². The molecule has 0 radical (unpaired) electrons. The largest absolute Gasteiger partial charge is 0.416 e. The molecule has 9 heteroatoms. The van der Waals surface area contributed by atoms with E-state index in [0.29, 0.717) is 12.5 Å². The maximum Gasteiger partial charge on any atom is 0.416 e. The second kappa shape index (κ2) is 7.99. The summed E-state index contributed by atoms with van der Waals surface area (Å²) in [6.45, 7) is 3.68. The number of hydrogen-bond donors (Lipinski definition) is 2. The van der Waals surface area contributed by atoms with Crippen LogP contribution in [0.1, 0.15) is 36.2 Å². The molecule has 0 fully saturated rings. The van der Waals surface area contributed by atoms with Crippen LogP contribution in [0.15, 0.2) is 53.4 Å². The Balaban J connectivity index is 2.35. The summed E-state index contributed by atoms with van der Waals surface area (Å²) in [5.74, 6) is -0.480. The molecule has 0 aliphatic carbocycles. The fraction of sp³-hybridized carbons (Fsp3) is 0.278. The number of benzene rings is 2. The second-order valence-electron chi connectivity index (χ2n) is 5.96. The fourth-order valence-electron chi connectivity index (χ4n) is 2.22. The van der Waals surface area contributed by atoms with Gasteiger partial charge in [-0.25, -0.2) is 8.42 Å². The van der Waals surface area contributed by atoms with E-state index in [9.17, 15) is 26.4 Å². The van der Waals surface area contributed by atoms with Crippen molar-refractivity contribution in [3.63, 3.8) is 0 Å². The standard InChI is InChI=1S/C18H19F3N2O3S/c1-3-12(2)22-17(24)15-9-4-5-10-16(15)23-27(25,26)14-8-6-7-13(11-14)18(19,20)21/h4-12,23H,3H2,1-2H3,(H,22,24)/t12-/m0/s1. The lowest BCUT2D eigenvalue weighted by Gasteiger charge is -2.16. The molecule has 0 aromatic heterocycles. The van der Waals surface area contributed by atoms with Crippen LogP contribution in [0.3, 0.4) is 0 Å². The van der Waals surface area contributed by atoms with Crippen LogP contribution in [-0.2, 0) is 16.2 Å². The predicted molar refractivity (Wildman–Crippen MR) is 95.9 cm³/mol. The van der Waals surface area contributed by atoms with Crippen LogP contribution in [0.25, 0.3) is 0 Å². The van der Waals surface area contributed by atoms with Crippen molar-refractivity contribution < 1.29 is 26.4 Å². The summed E-state index contributed by atoms with van der Waals surface area (Å²) in [7, 11) is -4.32. The first-order valence-electron chi connectivity index (χ1n) is 8.14. The average molecular weight is 400 g/mol. The van der Waals surface area contributed by atoms with Crippen molar-refractivity contribution in [2.45, 2.75) is 37.4 Å². The molecule has 2 aromatic carbocycles. The lowest BCUT2D eigenvalue weighted by atomic mass is 10.1. The number of amides is 1. The van der Waals surface area contributed by atoms with Crippen LogP contribution in [0.2, 0.25) is 0 Å². The zero-order valence-corrected chi connectivity index (χ0v) is 15.5. The summed E-state index contributed by atoms with van der Waals surface area (Å²) in [5.41, 5.74) is -1.02. The smallest absolute Gasteiger partial charge is 0.350 e. The highest BCUT2D eigenvalue weighted by atomic mass is 32.2. The molecule has 1 amide bonds. The van der Waals surface area contributed by atoms with Crippen molar-refractivity contribution in [3.05, 3.63) is 59.7 Å². The molecule has 0 spiro atoms. The summed E-state index contributed by atoms with van der Waals surface area (Å²) < 4.78 is 65.8. The zero-order valence-electron chi connectivity index (χ0n) is 14.7. The molecule has 0 unspecified atom stereocenters. The Bertz CT molecular complexity index is 927. The molecule has 2 rings (SSSR count). The summed E-state index contributed by atoms with van der Waals surface area (Å²) in [6.07, 6.45) is -3.98. The number of carbonyl (C=O) groups excluding carboxylic acids is 1. The molecule has 0 aliphatic rings. The van der Waals surface area contributed by atoms with Gasteiger partial charge in [-0.05, 0) is 43.7 Å². The van der Waals surface area contributed by atoms with E-state index < -0.39 is 32.6 Å². The molecule has 146 valence electrons. The zero-order chi connectivity index (χ0) is 20.2. The van der Waals surface area contributed by atoms with Gasteiger partial charge in [0, 0.05) is 6.04 Å². The van der Waals surface area contributed by atoms with Crippen molar-refractivity contribution in [1.82, 2.24) is 5.32 Å². The molecule has 27 heavy (non-hydrogen) atoms. The van der Waals surface area contributed by atoms with Crippen molar-refractivity contribution in [3.8, 4) is 0 Å². The van der Waals surface area contributed by atoms with Crippen LogP contribution in [0, 0.1) is 0 Å². The highest BCUT2D eigenvalue weighted by Crippen LogP contribution is 2.31. The molecule has 0 heterocycles. The number of nitrogens with one attached hydrogen (secondary N) is 2. The maximum atomic E-state index is 12.8. The predicted octanol–water partition coefficient (Wildman–Crippen LogP) is 4.03. The van der Waals surface area contributed by atoms with Crippen LogP contribution < -0.4 is 10.0 Å². The van der Waals surface area contributed by atoms with Gasteiger partial charge < -0.3 is 5.32 Å². The molecular weight excluding hydrogens is 381 g/mol. The molecule has 2 aromatic rings. The Labute approximate surface area is 155 Å². The van der Waals surface area contributed by atoms with Crippen LogP contribution in [0.5, 0.6) is 0 Å². The highest BCUT2D eigenvalue weighted by molar-refractivity contribution is 7.92. The third kappa shape index (κ3) is 5.22. The Kier molecular flexibility index (Phi) is 6.15.